The van der Waals surface area contributed by atoms with E-state index in [-0.39, 0.29) is 24.8 Å². The van der Waals surface area contributed by atoms with Crippen LogP contribution in [0.1, 0.15) is 51.4 Å². The van der Waals surface area contributed by atoms with Gasteiger partial charge in [-0.1, -0.05) is 32.1 Å². The molecule has 150 valence electrons. The average molecular weight is 371 g/mol. The highest BCUT2D eigenvalue weighted by atomic mass is 16.4. The number of nitrogens with two attached hydrogens (primary N) is 2. The Balaban J connectivity index is 2.45. The number of aliphatic carboxylic acids is 1. The van der Waals surface area contributed by atoms with Crippen LogP contribution >= 0.6 is 0 Å². The van der Waals surface area contributed by atoms with E-state index in [1.54, 1.807) is 0 Å². The molecule has 0 aromatic rings. The quantitative estimate of drug-likeness (QED) is 0.309. The van der Waals surface area contributed by atoms with Crippen LogP contribution in [0, 0.1) is 5.92 Å². The molecule has 0 spiro atoms. The lowest BCUT2D eigenvalue weighted by molar-refractivity contribution is -0.139. The predicted octanol–water partition coefficient (Wildman–Crippen LogP) is -0.445. The minimum absolute atomic E-state index is 0.0169. The number of nitrogens with zero attached hydrogens (tertiary/aromatic N) is 1. The van der Waals surface area contributed by atoms with Crippen LogP contribution in [0.5, 0.6) is 0 Å². The van der Waals surface area contributed by atoms with Gasteiger partial charge in [0.25, 0.3) is 0 Å². The Morgan fingerprint density at radius 3 is 2.46 bits per heavy atom. The molecule has 0 aliphatic heterocycles. The van der Waals surface area contributed by atoms with Crippen LogP contribution in [0.2, 0.25) is 0 Å². The van der Waals surface area contributed by atoms with Gasteiger partial charge in [0.2, 0.25) is 11.8 Å². The molecule has 0 saturated heterocycles. The number of hydrogen-bond donors (Lipinski definition) is 5. The first kappa shape index (κ1) is 22.3. The van der Waals surface area contributed by atoms with Crippen molar-refractivity contribution in [1.29, 1.82) is 0 Å². The fourth-order valence-electron chi connectivity index (χ4n) is 3.35. The van der Waals surface area contributed by atoms with Gasteiger partial charge in [-0.3, -0.25) is 19.8 Å². The Labute approximate surface area is 154 Å². The normalized spacial score (nSPS) is 17.5. The Kier molecular flexibility index (Phi) is 10.2. The molecule has 1 fully saturated rings. The highest BCUT2D eigenvalue weighted by Crippen LogP contribution is 2.26. The molecule has 1 rings (SSSR count). The third-order valence-corrected chi connectivity index (χ3v) is 4.63. The first-order valence-electron chi connectivity index (χ1n) is 9.30. The summed E-state index contributed by atoms with van der Waals surface area (Å²) in [5.41, 5.74) is 14.1. The lowest BCUT2D eigenvalue weighted by atomic mass is 9.85. The van der Waals surface area contributed by atoms with E-state index in [1.807, 2.05) is 0 Å². The summed E-state index contributed by atoms with van der Waals surface area (Å²) in [5.74, 6) is -1.20. The lowest BCUT2D eigenvalue weighted by Gasteiger charge is -2.26. The predicted molar refractivity (Wildman–Crippen MR) is 97.8 cm³/mol. The fraction of sp³-hybridized carbons (Fsp3) is 0.824. The summed E-state index contributed by atoms with van der Waals surface area (Å²) in [7, 11) is 1.46. The van der Waals surface area contributed by atoms with Gasteiger partial charge in [-0.15, -0.1) is 0 Å². The summed E-state index contributed by atoms with van der Waals surface area (Å²) in [4.78, 5) is 35.0. The van der Waals surface area contributed by atoms with Crippen molar-refractivity contribution < 1.29 is 19.5 Å². The lowest BCUT2D eigenvalue weighted by Crippen LogP contribution is -2.49. The van der Waals surface area contributed by atoms with Gasteiger partial charge in [-0.2, -0.15) is 0 Å². The van der Waals surface area contributed by atoms with E-state index >= 15 is 0 Å². The molecule has 9 nitrogen and oxygen atoms in total. The van der Waals surface area contributed by atoms with Crippen LogP contribution in [0.15, 0.2) is 0 Å². The molecule has 0 unspecified atom stereocenters. The largest absolute Gasteiger partial charge is 0.480 e. The number of carboxylic acid groups (broad SMARTS) is 1. The van der Waals surface area contributed by atoms with Gasteiger partial charge in [0.15, 0.2) is 0 Å². The molecular formula is C17H33N5O4. The van der Waals surface area contributed by atoms with E-state index in [0.717, 1.165) is 12.8 Å². The van der Waals surface area contributed by atoms with Gasteiger partial charge < -0.3 is 21.9 Å². The maximum Gasteiger partial charge on any atom is 0.319 e. The maximum atomic E-state index is 12.4. The summed E-state index contributed by atoms with van der Waals surface area (Å²) in [5, 5.41) is 12.7. The molecule has 1 saturated carbocycles. The van der Waals surface area contributed by atoms with Crippen molar-refractivity contribution in [1.82, 2.24) is 15.8 Å². The van der Waals surface area contributed by atoms with E-state index < -0.39 is 18.1 Å². The molecule has 0 aromatic carbocycles. The highest BCUT2D eigenvalue weighted by Gasteiger charge is 2.24. The molecule has 0 radical (unpaired) electrons. The number of hydrogen-bond acceptors (Lipinski definition) is 6. The van der Waals surface area contributed by atoms with Crippen molar-refractivity contribution in [2.45, 2.75) is 63.5 Å². The van der Waals surface area contributed by atoms with E-state index in [0.29, 0.717) is 25.3 Å². The minimum Gasteiger partial charge on any atom is -0.480 e. The Hall–Kier alpha value is -1.71. The van der Waals surface area contributed by atoms with Crippen LogP contribution in [-0.2, 0) is 14.4 Å². The molecule has 2 amide bonds. The number of hydrazine groups is 1. The highest BCUT2D eigenvalue weighted by molar-refractivity contribution is 5.83. The van der Waals surface area contributed by atoms with Crippen LogP contribution in [0.4, 0.5) is 0 Å². The van der Waals surface area contributed by atoms with E-state index in [4.69, 9.17) is 16.6 Å². The van der Waals surface area contributed by atoms with Crippen LogP contribution in [-0.4, -0.2) is 60.1 Å². The molecule has 26 heavy (non-hydrogen) atoms. The van der Waals surface area contributed by atoms with Crippen molar-refractivity contribution in [3.05, 3.63) is 0 Å². The van der Waals surface area contributed by atoms with Gasteiger partial charge in [0.05, 0.1) is 6.04 Å². The molecule has 0 aromatic heterocycles. The number of carbonyl (C=O) groups is 3. The molecule has 2 atom stereocenters. The molecule has 1 aliphatic carbocycles. The summed E-state index contributed by atoms with van der Waals surface area (Å²) in [6.07, 6.45) is 6.99. The number of carboxylic acids is 1. The van der Waals surface area contributed by atoms with Gasteiger partial charge in [-0.25, -0.2) is 5.01 Å². The SMILES string of the molecule is CN(CC(=O)O)NC(=O)C[C@H](CCN)NC(=O)[C@@H](N)CC1CCCCC1. The Bertz CT molecular complexity index is 468. The van der Waals surface area contributed by atoms with Crippen molar-refractivity contribution >= 4 is 17.8 Å². The zero-order valence-corrected chi connectivity index (χ0v) is 15.6. The zero-order valence-electron chi connectivity index (χ0n) is 15.6. The van der Waals surface area contributed by atoms with Crippen molar-refractivity contribution in [2.24, 2.45) is 17.4 Å². The van der Waals surface area contributed by atoms with Crippen LogP contribution in [0.25, 0.3) is 0 Å². The second kappa shape index (κ2) is 11.8. The minimum atomic E-state index is -1.05. The summed E-state index contributed by atoms with van der Waals surface area (Å²) in [6.45, 7) is 0.00692. The average Bonchev–Trinajstić information content (AvgIpc) is 2.54. The monoisotopic (exact) mass is 371 g/mol. The van der Waals surface area contributed by atoms with Crippen LogP contribution < -0.4 is 22.2 Å². The van der Waals surface area contributed by atoms with Crippen molar-refractivity contribution in [3.8, 4) is 0 Å². The fourth-order valence-corrected chi connectivity index (χ4v) is 3.35. The van der Waals surface area contributed by atoms with Crippen LogP contribution in [0.3, 0.4) is 0 Å². The number of rotatable bonds is 11. The van der Waals surface area contributed by atoms with Gasteiger partial charge in [-0.05, 0) is 25.3 Å². The summed E-state index contributed by atoms with van der Waals surface area (Å²) < 4.78 is 0. The van der Waals surface area contributed by atoms with Crippen molar-refractivity contribution in [3.63, 3.8) is 0 Å². The van der Waals surface area contributed by atoms with Gasteiger partial charge >= 0.3 is 5.97 Å². The zero-order chi connectivity index (χ0) is 19.5. The molecule has 0 bridgehead atoms. The summed E-state index contributed by atoms with van der Waals surface area (Å²) >= 11 is 0. The summed E-state index contributed by atoms with van der Waals surface area (Å²) in [6, 6.07) is -1.01. The van der Waals surface area contributed by atoms with Gasteiger partial charge in [0.1, 0.15) is 6.54 Å². The first-order chi connectivity index (χ1) is 12.3. The smallest absolute Gasteiger partial charge is 0.319 e. The standard InChI is InChI=1S/C17H33N5O4/c1-22(11-16(24)25)21-15(23)10-13(7-8-18)20-17(26)14(19)9-12-5-3-2-4-6-12/h12-14H,2-11,18-19H2,1H3,(H,20,26)(H,21,23)(H,24,25)/t13-,14-/m0/s1. The molecule has 0 heterocycles. The van der Waals surface area contributed by atoms with E-state index in [2.05, 4.69) is 10.7 Å². The third kappa shape index (κ3) is 9.12. The number of amides is 2. The second-order valence-corrected chi connectivity index (χ2v) is 7.12. The Morgan fingerprint density at radius 1 is 1.23 bits per heavy atom. The van der Waals surface area contributed by atoms with E-state index in [9.17, 15) is 14.4 Å². The molecule has 9 heteroatoms. The second-order valence-electron chi connectivity index (χ2n) is 7.12. The number of likely N-dealkylation sites (N-methyl/N-ethyl adjacent to an activating group) is 1. The third-order valence-electron chi connectivity index (χ3n) is 4.63. The van der Waals surface area contributed by atoms with E-state index in [1.165, 1.54) is 31.3 Å². The molecular weight excluding hydrogens is 338 g/mol. The number of carbonyl (C=O) groups excluding carboxylic acids is 2. The topological polar surface area (TPSA) is 151 Å². The molecule has 1 aliphatic rings. The van der Waals surface area contributed by atoms with Crippen molar-refractivity contribution in [2.75, 3.05) is 20.1 Å². The maximum absolute atomic E-state index is 12.4. The molecule has 7 N–H and O–H groups in total. The first-order valence-corrected chi connectivity index (χ1v) is 9.30. The van der Waals surface area contributed by atoms with Gasteiger partial charge in [0, 0.05) is 19.5 Å². The Morgan fingerprint density at radius 2 is 1.88 bits per heavy atom. The number of nitrogens with one attached hydrogen (secondary N) is 2.